The van der Waals surface area contributed by atoms with Crippen LogP contribution in [-0.4, -0.2) is 40.7 Å². The van der Waals surface area contributed by atoms with Crippen molar-refractivity contribution in [3.63, 3.8) is 0 Å². The van der Waals surface area contributed by atoms with Gasteiger partial charge in [0.05, 0.1) is 23.3 Å². The summed E-state index contributed by atoms with van der Waals surface area (Å²) in [5.74, 6) is 0.291. The summed E-state index contributed by atoms with van der Waals surface area (Å²) in [4.78, 5) is 31.0. The van der Waals surface area contributed by atoms with Gasteiger partial charge < -0.3 is 14.6 Å². The van der Waals surface area contributed by atoms with E-state index in [0.717, 1.165) is 22.6 Å². The molecule has 7 nitrogen and oxygen atoms in total. The molecule has 3 aromatic carbocycles. The number of amides is 1. The highest BCUT2D eigenvalue weighted by Gasteiger charge is 2.32. The van der Waals surface area contributed by atoms with E-state index in [4.69, 9.17) is 14.6 Å². The van der Waals surface area contributed by atoms with Crippen LogP contribution < -0.4 is 9.47 Å². The predicted molar refractivity (Wildman–Crippen MR) is 137 cm³/mol. The van der Waals surface area contributed by atoms with Crippen LogP contribution in [0.4, 0.5) is 5.69 Å². The molecule has 1 heterocycles. The van der Waals surface area contributed by atoms with Crippen LogP contribution in [0.2, 0.25) is 0 Å². The van der Waals surface area contributed by atoms with Gasteiger partial charge in [-0.15, -0.1) is 0 Å². The van der Waals surface area contributed by atoms with Crippen molar-refractivity contribution in [3.05, 3.63) is 94.4 Å². The lowest BCUT2D eigenvalue weighted by Gasteiger charge is -2.12. The molecule has 1 aliphatic rings. The molecule has 1 fully saturated rings. The summed E-state index contributed by atoms with van der Waals surface area (Å²) in [6, 6.07) is 21.4. The molecule has 0 atom stereocenters. The first kappa shape index (κ1) is 24.1. The number of likely N-dealkylation sites (N-methyl/N-ethyl adjacent to an activating group) is 1. The third-order valence-corrected chi connectivity index (χ3v) is 6.31. The number of para-hydroxylation sites is 1. The van der Waals surface area contributed by atoms with Crippen molar-refractivity contribution in [1.29, 1.82) is 0 Å². The fourth-order valence-corrected chi connectivity index (χ4v) is 4.47. The zero-order valence-electron chi connectivity index (χ0n) is 19.3. The van der Waals surface area contributed by atoms with E-state index in [2.05, 4.69) is 4.99 Å². The van der Waals surface area contributed by atoms with Crippen LogP contribution >= 0.6 is 11.8 Å². The molecule has 1 amide bonds. The zero-order valence-corrected chi connectivity index (χ0v) is 20.1. The van der Waals surface area contributed by atoms with Gasteiger partial charge in [-0.2, -0.15) is 0 Å². The first-order chi connectivity index (χ1) is 17.0. The van der Waals surface area contributed by atoms with Crippen LogP contribution in [0, 0.1) is 0 Å². The van der Waals surface area contributed by atoms with E-state index >= 15 is 0 Å². The summed E-state index contributed by atoms with van der Waals surface area (Å²) in [5, 5.41) is 9.67. The second-order valence-corrected chi connectivity index (χ2v) is 8.59. The van der Waals surface area contributed by atoms with Gasteiger partial charge in [0.15, 0.2) is 5.17 Å². The minimum atomic E-state index is -0.968. The number of carboxylic acids is 1. The van der Waals surface area contributed by atoms with Gasteiger partial charge in [-0.05, 0) is 72.8 Å². The van der Waals surface area contributed by atoms with Gasteiger partial charge in [0.25, 0.3) is 5.91 Å². The van der Waals surface area contributed by atoms with E-state index in [-0.39, 0.29) is 18.1 Å². The number of hydrogen-bond acceptors (Lipinski definition) is 6. The Balaban J connectivity index is 1.54. The first-order valence-electron chi connectivity index (χ1n) is 11.0. The lowest BCUT2D eigenvalue weighted by molar-refractivity contribution is -0.122. The van der Waals surface area contributed by atoms with Crippen LogP contribution in [0.3, 0.4) is 0 Å². The maximum Gasteiger partial charge on any atom is 0.335 e. The maximum absolute atomic E-state index is 13.1. The average molecular weight is 489 g/mol. The Morgan fingerprint density at radius 1 is 1.06 bits per heavy atom. The molecule has 0 aromatic heterocycles. The minimum Gasteiger partial charge on any atom is -0.497 e. The van der Waals surface area contributed by atoms with Gasteiger partial charge in [-0.1, -0.05) is 30.3 Å². The monoisotopic (exact) mass is 488 g/mol. The number of carboxylic acid groups (broad SMARTS) is 1. The number of aromatic carboxylic acids is 1. The Kier molecular flexibility index (Phi) is 7.52. The summed E-state index contributed by atoms with van der Waals surface area (Å²) >= 11 is 1.32. The minimum absolute atomic E-state index is 0.108. The quantitative estimate of drug-likeness (QED) is 0.416. The number of nitrogens with zero attached hydrogens (tertiary/aromatic N) is 2. The van der Waals surface area contributed by atoms with Crippen molar-refractivity contribution < 1.29 is 24.2 Å². The van der Waals surface area contributed by atoms with Crippen molar-refractivity contribution in [2.24, 2.45) is 4.99 Å². The number of thioether (sulfide) groups is 1. The van der Waals surface area contributed by atoms with Crippen LogP contribution in [0.5, 0.6) is 11.5 Å². The maximum atomic E-state index is 13.1. The molecule has 0 unspecified atom stereocenters. The lowest BCUT2D eigenvalue weighted by atomic mass is 10.1. The number of benzene rings is 3. The molecule has 1 N–H and O–H groups in total. The number of amidine groups is 1. The second kappa shape index (κ2) is 10.9. The number of hydrogen-bond donors (Lipinski definition) is 1. The van der Waals surface area contributed by atoms with Crippen LogP contribution in [0.15, 0.2) is 82.7 Å². The van der Waals surface area contributed by atoms with Gasteiger partial charge in [0.2, 0.25) is 0 Å². The van der Waals surface area contributed by atoms with E-state index in [1.807, 2.05) is 61.5 Å². The Labute approximate surface area is 207 Å². The topological polar surface area (TPSA) is 88.4 Å². The largest absolute Gasteiger partial charge is 0.497 e. The molecular formula is C27H24N2O5S. The molecule has 1 aliphatic heterocycles. The van der Waals surface area contributed by atoms with Crippen molar-refractivity contribution in [2.75, 3.05) is 13.7 Å². The van der Waals surface area contributed by atoms with E-state index in [1.54, 1.807) is 36.3 Å². The molecule has 0 bridgehead atoms. The lowest BCUT2D eigenvalue weighted by Crippen LogP contribution is -2.28. The van der Waals surface area contributed by atoms with E-state index in [0.29, 0.717) is 22.4 Å². The smallest absolute Gasteiger partial charge is 0.335 e. The molecule has 0 radical (unpaired) electrons. The van der Waals surface area contributed by atoms with Crippen LogP contribution in [-0.2, 0) is 11.4 Å². The Hall–Kier alpha value is -4.04. The van der Waals surface area contributed by atoms with Crippen molar-refractivity contribution in [2.45, 2.75) is 13.5 Å². The molecule has 4 rings (SSSR count). The molecule has 0 aliphatic carbocycles. The molecule has 0 saturated carbocycles. The Morgan fingerprint density at radius 3 is 2.43 bits per heavy atom. The fraction of sp³-hybridized carbons (Fsp3) is 0.148. The van der Waals surface area contributed by atoms with Crippen LogP contribution in [0.1, 0.15) is 28.4 Å². The molecule has 178 valence electrons. The summed E-state index contributed by atoms with van der Waals surface area (Å²) in [7, 11) is 1.61. The molecule has 8 heteroatoms. The molecule has 3 aromatic rings. The number of rotatable bonds is 8. The van der Waals surface area contributed by atoms with Gasteiger partial charge in [-0.3, -0.25) is 9.69 Å². The van der Waals surface area contributed by atoms with E-state index < -0.39 is 5.97 Å². The summed E-state index contributed by atoms with van der Waals surface area (Å²) in [5.41, 5.74) is 2.57. The normalized spacial score (nSPS) is 15.6. The first-order valence-corrected chi connectivity index (χ1v) is 11.8. The standard InChI is InChI=1S/C27H24N2O5S/c1-3-29-25(30)24(35-27(29)28-21-12-14-22(33-2)15-13-21)16-20-6-4-5-7-23(20)34-17-18-8-10-19(11-9-18)26(31)32/h4-16H,3,17H2,1-2H3,(H,31,32)/b24-16-,28-27?. The predicted octanol–water partition coefficient (Wildman–Crippen LogP) is 5.60. The third-order valence-electron chi connectivity index (χ3n) is 5.30. The number of aliphatic imine (C=N–C) groups is 1. The molecule has 1 saturated heterocycles. The van der Waals surface area contributed by atoms with E-state index in [1.165, 1.54) is 11.8 Å². The van der Waals surface area contributed by atoms with Crippen molar-refractivity contribution >= 4 is 40.6 Å². The Morgan fingerprint density at radius 2 is 1.77 bits per heavy atom. The summed E-state index contributed by atoms with van der Waals surface area (Å²) in [6.07, 6.45) is 1.81. The SMILES string of the molecule is CCN1C(=O)/C(=C/c2ccccc2OCc2ccc(C(=O)O)cc2)SC1=Nc1ccc(OC)cc1. The van der Waals surface area contributed by atoms with Gasteiger partial charge >= 0.3 is 5.97 Å². The zero-order chi connectivity index (χ0) is 24.8. The highest BCUT2D eigenvalue weighted by molar-refractivity contribution is 8.18. The Bertz CT molecular complexity index is 1280. The highest BCUT2D eigenvalue weighted by Crippen LogP contribution is 2.35. The van der Waals surface area contributed by atoms with Gasteiger partial charge in [-0.25, -0.2) is 9.79 Å². The van der Waals surface area contributed by atoms with E-state index in [9.17, 15) is 9.59 Å². The number of ether oxygens (including phenoxy) is 2. The molecular weight excluding hydrogens is 464 g/mol. The number of carbonyl (C=O) groups is 2. The number of methoxy groups -OCH3 is 1. The van der Waals surface area contributed by atoms with Gasteiger partial charge in [0, 0.05) is 12.1 Å². The third kappa shape index (κ3) is 5.73. The summed E-state index contributed by atoms with van der Waals surface area (Å²) < 4.78 is 11.2. The summed E-state index contributed by atoms with van der Waals surface area (Å²) in [6.45, 7) is 2.69. The average Bonchev–Trinajstić information content (AvgIpc) is 3.17. The fourth-order valence-electron chi connectivity index (χ4n) is 3.41. The van der Waals surface area contributed by atoms with Gasteiger partial charge in [0.1, 0.15) is 18.1 Å². The molecule has 0 spiro atoms. The highest BCUT2D eigenvalue weighted by atomic mass is 32.2. The van der Waals surface area contributed by atoms with Crippen LogP contribution in [0.25, 0.3) is 6.08 Å². The second-order valence-electron chi connectivity index (χ2n) is 7.58. The molecule has 35 heavy (non-hydrogen) atoms. The van der Waals surface area contributed by atoms with Crippen molar-refractivity contribution in [1.82, 2.24) is 4.90 Å². The number of carbonyl (C=O) groups excluding carboxylic acids is 1. The van der Waals surface area contributed by atoms with Crippen molar-refractivity contribution in [3.8, 4) is 11.5 Å².